The molecule has 0 radical (unpaired) electrons. The van der Waals surface area contributed by atoms with Crippen molar-refractivity contribution < 1.29 is 28.7 Å². The topological polar surface area (TPSA) is 136 Å². The summed E-state index contributed by atoms with van der Waals surface area (Å²) < 4.78 is 5.08. The Kier molecular flexibility index (Phi) is 5.76. The zero-order valence-electron chi connectivity index (χ0n) is 14.3. The molecule has 25 heavy (non-hydrogen) atoms. The summed E-state index contributed by atoms with van der Waals surface area (Å²) in [5.74, 6) is -3.55. The third kappa shape index (κ3) is 4.15. The number of imide groups is 2. The Hall–Kier alpha value is -2.45. The monoisotopic (exact) mass is 353 g/mol. The highest BCUT2D eigenvalue weighted by atomic mass is 16.5. The fourth-order valence-electron chi connectivity index (χ4n) is 3.38. The molecule has 0 aromatic rings. The summed E-state index contributed by atoms with van der Waals surface area (Å²) >= 11 is 0. The number of hydrogen-bond acceptors (Lipinski definition) is 6. The number of urea groups is 1. The molecule has 2 rings (SSSR count). The molecule has 0 spiro atoms. The van der Waals surface area contributed by atoms with Crippen LogP contribution >= 0.6 is 0 Å². The van der Waals surface area contributed by atoms with Gasteiger partial charge in [0.05, 0.1) is 11.8 Å². The number of carbonyl (C=O) groups excluding carboxylic acids is 5. The summed E-state index contributed by atoms with van der Waals surface area (Å²) in [5.41, 5.74) is 4.89. The third-order valence-corrected chi connectivity index (χ3v) is 4.59. The lowest BCUT2D eigenvalue weighted by Gasteiger charge is -2.21. The van der Waals surface area contributed by atoms with Crippen molar-refractivity contribution in [2.45, 2.75) is 45.6 Å². The molecule has 3 N–H and O–H groups in total. The predicted molar refractivity (Wildman–Crippen MR) is 84.6 cm³/mol. The van der Waals surface area contributed by atoms with E-state index < -0.39 is 36.5 Å². The van der Waals surface area contributed by atoms with Gasteiger partial charge < -0.3 is 10.5 Å². The SMILES string of the molecule is CC(C)C(OC(=O)CN1C(=O)C2CCCCC2C1=O)C(=O)NC(N)=O. The summed E-state index contributed by atoms with van der Waals surface area (Å²) in [4.78, 5) is 60.4. The van der Waals surface area contributed by atoms with Gasteiger partial charge in [0.1, 0.15) is 6.54 Å². The standard InChI is InChI=1S/C16H23N3O6/c1-8(2)12(13(21)18-16(17)24)25-11(20)7-19-14(22)9-5-3-4-6-10(9)15(19)23/h8-10,12H,3-7H2,1-2H3,(H3,17,18,21,24). The van der Waals surface area contributed by atoms with Crippen molar-refractivity contribution in [2.75, 3.05) is 6.54 Å². The minimum Gasteiger partial charge on any atom is -0.451 e. The molecule has 2 aliphatic rings. The van der Waals surface area contributed by atoms with E-state index in [-0.39, 0.29) is 23.7 Å². The Morgan fingerprint density at radius 2 is 1.68 bits per heavy atom. The fourth-order valence-corrected chi connectivity index (χ4v) is 3.38. The lowest BCUT2D eigenvalue weighted by Crippen LogP contribution is -2.47. The van der Waals surface area contributed by atoms with Gasteiger partial charge in [-0.15, -0.1) is 0 Å². The van der Waals surface area contributed by atoms with Crippen molar-refractivity contribution in [3.63, 3.8) is 0 Å². The Morgan fingerprint density at radius 3 is 2.12 bits per heavy atom. The van der Waals surface area contributed by atoms with Crippen LogP contribution in [0, 0.1) is 17.8 Å². The van der Waals surface area contributed by atoms with Crippen LogP contribution in [0.15, 0.2) is 0 Å². The molecule has 9 nitrogen and oxygen atoms in total. The first-order valence-corrected chi connectivity index (χ1v) is 8.37. The number of esters is 1. The van der Waals surface area contributed by atoms with Gasteiger partial charge in [-0.05, 0) is 18.8 Å². The molecule has 5 amide bonds. The van der Waals surface area contributed by atoms with E-state index in [9.17, 15) is 24.0 Å². The molecule has 3 atom stereocenters. The maximum absolute atomic E-state index is 12.3. The first-order valence-electron chi connectivity index (χ1n) is 8.37. The van der Waals surface area contributed by atoms with E-state index in [4.69, 9.17) is 10.5 Å². The highest BCUT2D eigenvalue weighted by Crippen LogP contribution is 2.37. The summed E-state index contributed by atoms with van der Waals surface area (Å²) in [5, 5.41) is 1.86. The van der Waals surface area contributed by atoms with Gasteiger partial charge in [-0.2, -0.15) is 0 Å². The van der Waals surface area contributed by atoms with E-state index in [0.29, 0.717) is 12.8 Å². The van der Waals surface area contributed by atoms with Crippen LogP contribution in [0.5, 0.6) is 0 Å². The Labute approximate surface area is 145 Å². The van der Waals surface area contributed by atoms with Crippen molar-refractivity contribution in [3.8, 4) is 0 Å². The molecule has 2 fully saturated rings. The average Bonchev–Trinajstić information content (AvgIpc) is 2.77. The molecule has 1 aliphatic heterocycles. The van der Waals surface area contributed by atoms with Crippen LogP contribution < -0.4 is 11.1 Å². The van der Waals surface area contributed by atoms with Crippen molar-refractivity contribution in [3.05, 3.63) is 0 Å². The second kappa shape index (κ2) is 7.62. The number of carbonyl (C=O) groups is 5. The van der Waals surface area contributed by atoms with Gasteiger partial charge in [-0.25, -0.2) is 4.79 Å². The minimum atomic E-state index is -1.24. The van der Waals surface area contributed by atoms with Gasteiger partial charge in [0.15, 0.2) is 6.10 Å². The molecule has 3 unspecified atom stereocenters. The molecular formula is C16H23N3O6. The quantitative estimate of drug-likeness (QED) is 0.524. The van der Waals surface area contributed by atoms with Crippen LogP contribution in [0.4, 0.5) is 4.79 Å². The Balaban J connectivity index is 2.00. The van der Waals surface area contributed by atoms with Crippen LogP contribution in [-0.2, 0) is 23.9 Å². The van der Waals surface area contributed by atoms with Crippen molar-refractivity contribution >= 4 is 29.7 Å². The van der Waals surface area contributed by atoms with E-state index in [0.717, 1.165) is 17.7 Å². The van der Waals surface area contributed by atoms with E-state index >= 15 is 0 Å². The normalized spacial score (nSPS) is 24.0. The number of nitrogens with one attached hydrogen (secondary N) is 1. The molecule has 1 aliphatic carbocycles. The van der Waals surface area contributed by atoms with Gasteiger partial charge in [-0.1, -0.05) is 26.7 Å². The van der Waals surface area contributed by atoms with E-state index in [1.165, 1.54) is 0 Å². The number of primary amides is 1. The van der Waals surface area contributed by atoms with Gasteiger partial charge in [-0.3, -0.25) is 29.4 Å². The molecule has 0 aromatic heterocycles. The summed E-state index contributed by atoms with van der Waals surface area (Å²) in [6.07, 6.45) is 1.84. The van der Waals surface area contributed by atoms with Gasteiger partial charge in [0.2, 0.25) is 11.8 Å². The van der Waals surface area contributed by atoms with Gasteiger partial charge >= 0.3 is 12.0 Å². The van der Waals surface area contributed by atoms with Gasteiger partial charge in [0.25, 0.3) is 5.91 Å². The molecule has 138 valence electrons. The van der Waals surface area contributed by atoms with Crippen molar-refractivity contribution in [1.29, 1.82) is 0 Å². The average molecular weight is 353 g/mol. The second-order valence-electron chi connectivity index (χ2n) is 6.77. The molecular weight excluding hydrogens is 330 g/mol. The maximum Gasteiger partial charge on any atom is 0.326 e. The van der Waals surface area contributed by atoms with Crippen LogP contribution in [0.25, 0.3) is 0 Å². The first kappa shape index (κ1) is 18.9. The van der Waals surface area contributed by atoms with E-state index in [1.807, 2.05) is 5.32 Å². The molecule has 9 heteroatoms. The second-order valence-corrected chi connectivity index (χ2v) is 6.77. The zero-order valence-corrected chi connectivity index (χ0v) is 14.3. The van der Waals surface area contributed by atoms with Crippen molar-refractivity contribution in [2.24, 2.45) is 23.5 Å². The highest BCUT2D eigenvalue weighted by Gasteiger charge is 2.48. The van der Waals surface area contributed by atoms with Gasteiger partial charge in [0, 0.05) is 0 Å². The number of rotatable bonds is 5. The number of likely N-dealkylation sites (tertiary alicyclic amines) is 1. The number of nitrogens with two attached hydrogens (primary N) is 1. The highest BCUT2D eigenvalue weighted by molar-refractivity contribution is 6.07. The van der Waals surface area contributed by atoms with Crippen LogP contribution in [0.3, 0.4) is 0 Å². The van der Waals surface area contributed by atoms with Crippen molar-refractivity contribution in [1.82, 2.24) is 10.2 Å². The number of fused-ring (bicyclic) bond motifs is 1. The van der Waals surface area contributed by atoms with E-state index in [2.05, 4.69) is 0 Å². The predicted octanol–water partition coefficient (Wildman–Crippen LogP) is -0.0757. The largest absolute Gasteiger partial charge is 0.451 e. The fraction of sp³-hybridized carbons (Fsp3) is 0.688. The first-order chi connectivity index (χ1) is 11.7. The lowest BCUT2D eigenvalue weighted by atomic mass is 9.81. The summed E-state index contributed by atoms with van der Waals surface area (Å²) in [6.45, 7) is 2.72. The molecule has 0 aromatic carbocycles. The number of ether oxygens (including phenoxy) is 1. The lowest BCUT2D eigenvalue weighted by molar-refractivity contribution is -0.162. The zero-order chi connectivity index (χ0) is 18.7. The molecule has 1 heterocycles. The van der Waals surface area contributed by atoms with Crippen LogP contribution in [0.1, 0.15) is 39.5 Å². The molecule has 0 bridgehead atoms. The number of hydrogen-bond donors (Lipinski definition) is 2. The molecule has 1 saturated carbocycles. The number of nitrogens with zero attached hydrogens (tertiary/aromatic N) is 1. The molecule has 1 saturated heterocycles. The Bertz CT molecular complexity index is 579. The summed E-state index contributed by atoms with van der Waals surface area (Å²) in [7, 11) is 0. The van der Waals surface area contributed by atoms with E-state index in [1.54, 1.807) is 13.8 Å². The summed E-state index contributed by atoms with van der Waals surface area (Å²) in [6, 6.07) is -1.05. The smallest absolute Gasteiger partial charge is 0.326 e. The minimum absolute atomic E-state index is 0.352. The number of amides is 5. The van der Waals surface area contributed by atoms with Crippen LogP contribution in [0.2, 0.25) is 0 Å². The maximum atomic E-state index is 12.3. The third-order valence-electron chi connectivity index (χ3n) is 4.59. The van der Waals surface area contributed by atoms with Crippen LogP contribution in [-0.4, -0.2) is 47.3 Å². The Morgan fingerprint density at radius 1 is 1.16 bits per heavy atom.